The van der Waals surface area contributed by atoms with Gasteiger partial charge in [0.1, 0.15) is 12.2 Å². The van der Waals surface area contributed by atoms with Crippen LogP contribution in [0, 0.1) is 0 Å². The molecule has 104 valence electrons. The Morgan fingerprint density at radius 2 is 1.76 bits per heavy atom. The van der Waals surface area contributed by atoms with E-state index in [9.17, 15) is 4.79 Å². The topological polar surface area (TPSA) is 26.3 Å². The highest BCUT2D eigenvalue weighted by atomic mass is 16.5. The molecule has 2 aromatic rings. The van der Waals surface area contributed by atoms with Gasteiger partial charge in [-0.05, 0) is 16.7 Å². The van der Waals surface area contributed by atoms with Crippen molar-refractivity contribution in [3.8, 4) is 0 Å². The summed E-state index contributed by atoms with van der Waals surface area (Å²) in [5.74, 6) is 0.00875. The Morgan fingerprint density at radius 3 is 2.57 bits per heavy atom. The predicted octanol–water partition coefficient (Wildman–Crippen LogP) is 4.36. The first kappa shape index (κ1) is 12.5. The zero-order chi connectivity index (χ0) is 14.4. The summed E-state index contributed by atoms with van der Waals surface area (Å²) in [4.78, 5) is 12.7. The maximum absolute atomic E-state index is 12.7. The van der Waals surface area contributed by atoms with E-state index in [0.717, 1.165) is 11.1 Å². The summed E-state index contributed by atoms with van der Waals surface area (Å²) in [5.41, 5.74) is 4.27. The van der Waals surface area contributed by atoms with Crippen LogP contribution in [0.25, 0.3) is 0 Å². The van der Waals surface area contributed by atoms with Crippen LogP contribution in [0.3, 0.4) is 0 Å². The lowest BCUT2D eigenvalue weighted by atomic mass is 9.84. The van der Waals surface area contributed by atoms with Crippen molar-refractivity contribution in [1.29, 1.82) is 0 Å². The number of Topliss-reactive ketones (excluding diaryl/α,β-unsaturated/α-hetero) is 1. The van der Waals surface area contributed by atoms with Gasteiger partial charge in [0.25, 0.3) is 0 Å². The molecule has 2 heterocycles. The molecule has 3 atom stereocenters. The second kappa shape index (κ2) is 4.68. The van der Waals surface area contributed by atoms with Crippen LogP contribution >= 0.6 is 0 Å². The summed E-state index contributed by atoms with van der Waals surface area (Å²) < 4.78 is 5.90. The zero-order valence-corrected chi connectivity index (χ0v) is 11.8. The third-order valence-corrected chi connectivity index (χ3v) is 4.44. The molecule has 0 N–H and O–H groups in total. The molecule has 0 aliphatic carbocycles. The van der Waals surface area contributed by atoms with Crippen LogP contribution in [0.1, 0.15) is 52.1 Å². The monoisotopic (exact) mass is 276 g/mol. The van der Waals surface area contributed by atoms with E-state index in [1.807, 2.05) is 43.3 Å². The fraction of sp³-hybridized carbons (Fsp3) is 0.211. The number of hydrogen-bond donors (Lipinski definition) is 0. The number of benzene rings is 2. The van der Waals surface area contributed by atoms with Gasteiger partial charge < -0.3 is 4.74 Å². The fourth-order valence-corrected chi connectivity index (χ4v) is 3.34. The molecular formula is C19H16O2. The van der Waals surface area contributed by atoms with E-state index < -0.39 is 0 Å². The zero-order valence-electron chi connectivity index (χ0n) is 11.8. The van der Waals surface area contributed by atoms with Crippen LogP contribution in [0.15, 0.2) is 60.7 Å². The fourth-order valence-electron chi connectivity index (χ4n) is 3.34. The number of hydrogen-bond acceptors (Lipinski definition) is 2. The van der Waals surface area contributed by atoms with Gasteiger partial charge in [-0.15, -0.1) is 0 Å². The summed E-state index contributed by atoms with van der Waals surface area (Å²) in [6, 6.07) is 15.7. The van der Waals surface area contributed by atoms with Gasteiger partial charge in [0.15, 0.2) is 5.78 Å². The number of ether oxygens (including phenoxy) is 1. The van der Waals surface area contributed by atoms with Crippen LogP contribution in [-0.2, 0) is 4.74 Å². The molecule has 2 nitrogen and oxygen atoms in total. The van der Waals surface area contributed by atoms with E-state index in [4.69, 9.17) is 4.74 Å². The quantitative estimate of drug-likeness (QED) is 0.615. The Balaban J connectivity index is 1.74. The minimum absolute atomic E-state index is 0.0206. The van der Waals surface area contributed by atoms with E-state index in [1.165, 1.54) is 11.1 Å². The smallest absolute Gasteiger partial charge is 0.170 e. The van der Waals surface area contributed by atoms with Crippen molar-refractivity contribution < 1.29 is 9.53 Å². The van der Waals surface area contributed by atoms with Gasteiger partial charge in [0.2, 0.25) is 0 Å². The number of ketones is 1. The Bertz CT molecular complexity index is 730. The third kappa shape index (κ3) is 1.87. The van der Waals surface area contributed by atoms with Gasteiger partial charge in [0.05, 0.1) is 0 Å². The van der Waals surface area contributed by atoms with Crippen LogP contribution < -0.4 is 0 Å². The standard InChI is InChI=1S/C19H16O2/c1-12(19(20)13-6-3-2-4-7-13)14-8-5-9-15-16-10-11-17(21-16)18(14)15/h2-12,16-17H,1H3/t12?,16-,17+/m1/s1. The molecule has 0 spiro atoms. The highest BCUT2D eigenvalue weighted by Crippen LogP contribution is 2.48. The molecule has 0 saturated carbocycles. The first-order valence-corrected chi connectivity index (χ1v) is 7.31. The Hall–Kier alpha value is -2.19. The van der Waals surface area contributed by atoms with Crippen LogP contribution in [0.4, 0.5) is 0 Å². The van der Waals surface area contributed by atoms with E-state index in [-0.39, 0.29) is 23.9 Å². The highest BCUT2D eigenvalue weighted by Gasteiger charge is 2.36. The minimum atomic E-state index is -0.154. The second-order valence-electron chi connectivity index (χ2n) is 5.66. The number of carbonyl (C=O) groups is 1. The van der Waals surface area contributed by atoms with Gasteiger partial charge in [-0.2, -0.15) is 0 Å². The van der Waals surface area contributed by atoms with Crippen molar-refractivity contribution >= 4 is 5.78 Å². The van der Waals surface area contributed by atoms with Crippen LogP contribution in [0.2, 0.25) is 0 Å². The van der Waals surface area contributed by atoms with Gasteiger partial charge in [-0.25, -0.2) is 0 Å². The molecule has 4 rings (SSSR count). The molecule has 0 radical (unpaired) electrons. The minimum Gasteiger partial charge on any atom is -0.357 e. The molecule has 0 aromatic heterocycles. The summed E-state index contributed by atoms with van der Waals surface area (Å²) in [6.07, 6.45) is 4.28. The summed E-state index contributed by atoms with van der Waals surface area (Å²) in [5, 5.41) is 0. The molecule has 1 unspecified atom stereocenters. The Morgan fingerprint density at radius 1 is 1.00 bits per heavy atom. The SMILES string of the molecule is CC(C(=O)c1ccccc1)c1cccc2c1[C@@H]1C=C[C@H]2O1. The number of rotatable bonds is 3. The molecular weight excluding hydrogens is 260 g/mol. The van der Waals surface area contributed by atoms with Crippen molar-refractivity contribution in [2.75, 3.05) is 0 Å². The summed E-state index contributed by atoms with van der Waals surface area (Å²) in [6.45, 7) is 1.99. The molecule has 21 heavy (non-hydrogen) atoms. The molecule has 0 fully saturated rings. The largest absolute Gasteiger partial charge is 0.357 e. The molecule has 2 aromatic carbocycles. The Kier molecular flexibility index (Phi) is 2.79. The van der Waals surface area contributed by atoms with E-state index in [2.05, 4.69) is 24.3 Å². The van der Waals surface area contributed by atoms with Gasteiger partial charge in [-0.3, -0.25) is 4.79 Å². The lowest BCUT2D eigenvalue weighted by Crippen LogP contribution is -2.13. The molecule has 2 bridgehead atoms. The first-order chi connectivity index (χ1) is 10.3. The molecule has 0 saturated heterocycles. The van der Waals surface area contributed by atoms with Gasteiger partial charge in [0, 0.05) is 11.5 Å². The molecule has 2 heteroatoms. The average molecular weight is 276 g/mol. The second-order valence-corrected chi connectivity index (χ2v) is 5.66. The van der Waals surface area contributed by atoms with Gasteiger partial charge in [-0.1, -0.05) is 67.6 Å². The van der Waals surface area contributed by atoms with E-state index >= 15 is 0 Å². The maximum atomic E-state index is 12.7. The highest BCUT2D eigenvalue weighted by molar-refractivity contribution is 6.01. The van der Waals surface area contributed by atoms with E-state index in [1.54, 1.807) is 0 Å². The lowest BCUT2D eigenvalue weighted by Gasteiger charge is -2.18. The third-order valence-electron chi connectivity index (χ3n) is 4.44. The van der Waals surface area contributed by atoms with E-state index in [0.29, 0.717) is 0 Å². The Labute approximate surface area is 124 Å². The maximum Gasteiger partial charge on any atom is 0.170 e. The van der Waals surface area contributed by atoms with Crippen molar-refractivity contribution in [1.82, 2.24) is 0 Å². The first-order valence-electron chi connectivity index (χ1n) is 7.31. The molecule has 2 aliphatic rings. The molecule has 0 amide bonds. The number of fused-ring (bicyclic) bond motifs is 5. The lowest BCUT2D eigenvalue weighted by molar-refractivity contribution is 0.0871. The van der Waals surface area contributed by atoms with Crippen LogP contribution in [0.5, 0.6) is 0 Å². The normalized spacial score (nSPS) is 23.1. The molecule has 2 aliphatic heterocycles. The number of carbonyl (C=O) groups excluding carboxylic acids is 1. The van der Waals surface area contributed by atoms with Crippen molar-refractivity contribution in [2.45, 2.75) is 25.0 Å². The summed E-state index contributed by atoms with van der Waals surface area (Å²) in [7, 11) is 0. The van der Waals surface area contributed by atoms with Crippen molar-refractivity contribution in [2.24, 2.45) is 0 Å². The predicted molar refractivity (Wildman–Crippen MR) is 81.3 cm³/mol. The van der Waals surface area contributed by atoms with Crippen molar-refractivity contribution in [3.63, 3.8) is 0 Å². The summed E-state index contributed by atoms with van der Waals surface area (Å²) >= 11 is 0. The van der Waals surface area contributed by atoms with Crippen molar-refractivity contribution in [3.05, 3.63) is 82.9 Å². The van der Waals surface area contributed by atoms with Gasteiger partial charge >= 0.3 is 0 Å². The van der Waals surface area contributed by atoms with Crippen LogP contribution in [-0.4, -0.2) is 5.78 Å². The average Bonchev–Trinajstić information content (AvgIpc) is 3.16.